The number of hydrogen-bond donors (Lipinski definition) is 2. The van der Waals surface area contributed by atoms with Gasteiger partial charge in [0.1, 0.15) is 0 Å². The van der Waals surface area contributed by atoms with E-state index in [1.807, 2.05) is 6.08 Å². The molecule has 0 spiro atoms. The largest absolute Gasteiger partial charge is 0.469 e. The zero-order valence-electron chi connectivity index (χ0n) is 22.4. The SMILES string of the molecule is COC(=O)C=CCCCC1C2C=CC(C2)C1CO.COC(=O)CCCCCC1C2CCC(C2)C1CO. The van der Waals surface area contributed by atoms with E-state index in [9.17, 15) is 19.8 Å². The first-order chi connectivity index (χ1) is 17.5. The molecule has 8 unspecified atom stereocenters. The Kier molecular flexibility index (Phi) is 12.0. The van der Waals surface area contributed by atoms with Gasteiger partial charge in [-0.3, -0.25) is 4.79 Å². The number of aliphatic hydroxyl groups excluding tert-OH is 2. The maximum Gasteiger partial charge on any atom is 0.330 e. The van der Waals surface area contributed by atoms with Crippen LogP contribution in [0.2, 0.25) is 0 Å². The molecule has 0 radical (unpaired) electrons. The summed E-state index contributed by atoms with van der Waals surface area (Å²) in [6.45, 7) is 0.697. The van der Waals surface area contributed by atoms with Gasteiger partial charge in [-0.15, -0.1) is 0 Å². The summed E-state index contributed by atoms with van der Waals surface area (Å²) in [5, 5.41) is 19.0. The molecule has 3 fully saturated rings. The molecule has 204 valence electrons. The van der Waals surface area contributed by atoms with Crippen LogP contribution in [0.1, 0.15) is 77.0 Å². The fourth-order valence-electron chi connectivity index (χ4n) is 7.64. The lowest BCUT2D eigenvalue weighted by Crippen LogP contribution is -2.25. The van der Waals surface area contributed by atoms with Crippen molar-refractivity contribution < 1.29 is 29.3 Å². The minimum atomic E-state index is -0.286. The number of methoxy groups -OCH3 is 2. The maximum absolute atomic E-state index is 11.0. The summed E-state index contributed by atoms with van der Waals surface area (Å²) < 4.78 is 9.17. The van der Waals surface area contributed by atoms with Gasteiger partial charge in [0.25, 0.3) is 0 Å². The second-order valence-electron chi connectivity index (χ2n) is 11.3. The number of ether oxygens (including phenoxy) is 2. The van der Waals surface area contributed by atoms with Crippen LogP contribution in [0.25, 0.3) is 0 Å². The van der Waals surface area contributed by atoms with Gasteiger partial charge in [-0.1, -0.05) is 31.1 Å². The molecule has 2 N–H and O–H groups in total. The minimum Gasteiger partial charge on any atom is -0.469 e. The first kappa shape index (κ1) is 28.9. The molecule has 3 saturated carbocycles. The van der Waals surface area contributed by atoms with E-state index < -0.39 is 0 Å². The fraction of sp³-hybridized carbons (Fsp3) is 0.800. The van der Waals surface area contributed by atoms with Crippen LogP contribution in [0.3, 0.4) is 0 Å². The number of hydrogen-bond acceptors (Lipinski definition) is 6. The maximum atomic E-state index is 11.0. The van der Waals surface area contributed by atoms with Gasteiger partial charge in [0.15, 0.2) is 0 Å². The van der Waals surface area contributed by atoms with Crippen molar-refractivity contribution in [2.75, 3.05) is 27.4 Å². The number of rotatable bonds is 13. The monoisotopic (exact) mass is 504 g/mol. The lowest BCUT2D eigenvalue weighted by Gasteiger charge is -2.29. The molecule has 0 heterocycles. The summed E-state index contributed by atoms with van der Waals surface area (Å²) in [7, 11) is 2.84. The molecule has 4 bridgehead atoms. The third-order valence-electron chi connectivity index (χ3n) is 9.51. The van der Waals surface area contributed by atoms with Gasteiger partial charge >= 0.3 is 11.9 Å². The molecule has 0 amide bonds. The van der Waals surface area contributed by atoms with Gasteiger partial charge in [-0.05, 0) is 105 Å². The van der Waals surface area contributed by atoms with Gasteiger partial charge in [0, 0.05) is 25.7 Å². The summed E-state index contributed by atoms with van der Waals surface area (Å²) >= 11 is 0. The Morgan fingerprint density at radius 1 is 0.806 bits per heavy atom. The summed E-state index contributed by atoms with van der Waals surface area (Å²) in [5.74, 6) is 5.02. The zero-order chi connectivity index (χ0) is 25.9. The molecule has 0 aliphatic heterocycles. The van der Waals surface area contributed by atoms with E-state index in [-0.39, 0.29) is 11.9 Å². The smallest absolute Gasteiger partial charge is 0.330 e. The Labute approximate surface area is 217 Å². The number of esters is 2. The number of allylic oxidation sites excluding steroid dienone is 3. The summed E-state index contributed by atoms with van der Waals surface area (Å²) in [5.41, 5.74) is 0. The van der Waals surface area contributed by atoms with Gasteiger partial charge in [0.05, 0.1) is 14.2 Å². The van der Waals surface area contributed by atoms with Crippen molar-refractivity contribution in [3.63, 3.8) is 0 Å². The second kappa shape index (κ2) is 14.9. The van der Waals surface area contributed by atoms with Crippen molar-refractivity contribution in [3.05, 3.63) is 24.3 Å². The molecule has 36 heavy (non-hydrogen) atoms. The number of carbonyl (C=O) groups is 2. The highest BCUT2D eigenvalue weighted by atomic mass is 16.5. The van der Waals surface area contributed by atoms with Gasteiger partial charge in [0.2, 0.25) is 0 Å². The Morgan fingerprint density at radius 3 is 2.14 bits per heavy atom. The molecular weight excluding hydrogens is 456 g/mol. The van der Waals surface area contributed by atoms with E-state index in [1.54, 1.807) is 0 Å². The molecule has 0 saturated heterocycles. The number of fused-ring (bicyclic) bond motifs is 4. The first-order valence-corrected chi connectivity index (χ1v) is 14.2. The van der Waals surface area contributed by atoms with Crippen LogP contribution in [0.15, 0.2) is 24.3 Å². The van der Waals surface area contributed by atoms with E-state index in [2.05, 4.69) is 21.6 Å². The molecule has 0 aromatic rings. The standard InChI is InChI=1S/C15H26O3.C15H22O3/c2*1-18-15(17)6-4-2-3-5-13-11-7-8-12(9-11)14(13)10-16/h11-14,16H,2-10H2,1H3;4,6-8,11-14,16H,2-3,5,9-10H2,1H3. The zero-order valence-corrected chi connectivity index (χ0v) is 22.4. The van der Waals surface area contributed by atoms with Crippen LogP contribution >= 0.6 is 0 Å². The molecule has 0 aromatic carbocycles. The van der Waals surface area contributed by atoms with Gasteiger partial charge in [-0.25, -0.2) is 4.79 Å². The molecule has 4 aliphatic rings. The van der Waals surface area contributed by atoms with E-state index in [1.165, 1.54) is 58.8 Å². The highest BCUT2D eigenvalue weighted by Gasteiger charge is 2.46. The molecule has 0 aromatic heterocycles. The topological polar surface area (TPSA) is 93.1 Å². The van der Waals surface area contributed by atoms with E-state index >= 15 is 0 Å². The van der Waals surface area contributed by atoms with Crippen molar-refractivity contribution in [2.45, 2.75) is 77.0 Å². The summed E-state index contributed by atoms with van der Waals surface area (Å²) in [6.07, 6.45) is 21.5. The average Bonchev–Trinajstić information content (AvgIpc) is 3.69. The predicted molar refractivity (Wildman–Crippen MR) is 140 cm³/mol. The Bertz CT molecular complexity index is 746. The average molecular weight is 505 g/mol. The normalized spacial score (nSPS) is 33.7. The molecule has 8 atom stereocenters. The van der Waals surface area contributed by atoms with Crippen LogP contribution in [-0.2, 0) is 19.1 Å². The minimum absolute atomic E-state index is 0.0943. The quantitative estimate of drug-likeness (QED) is 0.157. The van der Waals surface area contributed by atoms with Crippen LogP contribution < -0.4 is 0 Å². The van der Waals surface area contributed by atoms with Crippen LogP contribution in [0.5, 0.6) is 0 Å². The Morgan fingerprint density at radius 2 is 1.47 bits per heavy atom. The van der Waals surface area contributed by atoms with Gasteiger partial charge < -0.3 is 19.7 Å². The van der Waals surface area contributed by atoms with Crippen molar-refractivity contribution in [1.29, 1.82) is 0 Å². The van der Waals surface area contributed by atoms with Crippen molar-refractivity contribution in [1.82, 2.24) is 0 Å². The van der Waals surface area contributed by atoms with Crippen LogP contribution in [-0.4, -0.2) is 49.6 Å². The predicted octanol–water partition coefficient (Wildman–Crippen LogP) is 5.08. The number of carbonyl (C=O) groups excluding carboxylic acids is 2. The Balaban J connectivity index is 0.000000201. The highest BCUT2D eigenvalue weighted by Crippen LogP contribution is 2.53. The highest BCUT2D eigenvalue weighted by molar-refractivity contribution is 5.81. The van der Waals surface area contributed by atoms with Crippen molar-refractivity contribution >= 4 is 11.9 Å². The molecule has 6 heteroatoms. The Hall–Kier alpha value is -1.66. The summed E-state index contributed by atoms with van der Waals surface area (Å²) in [6, 6.07) is 0. The number of unbranched alkanes of at least 4 members (excludes halogenated alkanes) is 3. The molecular formula is C30H48O6. The fourth-order valence-corrected chi connectivity index (χ4v) is 7.64. The van der Waals surface area contributed by atoms with Crippen molar-refractivity contribution in [3.8, 4) is 0 Å². The van der Waals surface area contributed by atoms with Gasteiger partial charge in [-0.2, -0.15) is 0 Å². The first-order valence-electron chi connectivity index (χ1n) is 14.2. The molecule has 4 aliphatic carbocycles. The van der Waals surface area contributed by atoms with E-state index in [4.69, 9.17) is 0 Å². The van der Waals surface area contributed by atoms with Crippen molar-refractivity contribution in [2.24, 2.45) is 47.3 Å². The van der Waals surface area contributed by atoms with Crippen LogP contribution in [0.4, 0.5) is 0 Å². The van der Waals surface area contributed by atoms with E-state index in [0.29, 0.717) is 49.2 Å². The second-order valence-corrected chi connectivity index (χ2v) is 11.3. The lowest BCUT2D eigenvalue weighted by molar-refractivity contribution is -0.140. The third-order valence-corrected chi connectivity index (χ3v) is 9.51. The lowest BCUT2D eigenvalue weighted by atomic mass is 9.77. The van der Waals surface area contributed by atoms with E-state index in [0.717, 1.165) is 49.9 Å². The molecule has 6 nitrogen and oxygen atoms in total. The number of aliphatic hydroxyl groups is 2. The third kappa shape index (κ3) is 7.67. The summed E-state index contributed by atoms with van der Waals surface area (Å²) in [4.78, 5) is 21.9. The molecule has 4 rings (SSSR count). The van der Waals surface area contributed by atoms with Crippen LogP contribution in [0, 0.1) is 47.3 Å².